The van der Waals surface area contributed by atoms with E-state index in [0.717, 1.165) is 6.42 Å². The van der Waals surface area contributed by atoms with Crippen molar-refractivity contribution in [3.05, 3.63) is 0 Å². The lowest BCUT2D eigenvalue weighted by Crippen LogP contribution is -2.35. The summed E-state index contributed by atoms with van der Waals surface area (Å²) in [6.45, 7) is 2.23. The first-order valence-electron chi connectivity index (χ1n) is 4.66. The molecule has 0 unspecified atom stereocenters. The number of carbonyl (C=O) groups is 1. The highest BCUT2D eigenvalue weighted by molar-refractivity contribution is 5.85. The molecule has 0 spiro atoms. The van der Waals surface area contributed by atoms with E-state index in [2.05, 4.69) is 0 Å². The number of nitrogens with two attached hydrogens (primary N) is 1. The zero-order valence-electron chi connectivity index (χ0n) is 7.99. The van der Waals surface area contributed by atoms with Crippen LogP contribution in [-0.4, -0.2) is 18.6 Å². The molecule has 2 N–H and O–H groups in total. The van der Waals surface area contributed by atoms with E-state index in [1.54, 1.807) is 6.92 Å². The molecule has 0 heterocycles. The Bertz CT molecular complexity index is 160. The van der Waals surface area contributed by atoms with Gasteiger partial charge in [-0.05, 0) is 19.3 Å². The SMILES string of the molecule is CCOC(=O)[C@@H](N)CC1CCC1.Cl. The Labute approximate surface area is 85.4 Å². The maximum Gasteiger partial charge on any atom is 0.322 e. The minimum absolute atomic E-state index is 0. The van der Waals surface area contributed by atoms with Crippen molar-refractivity contribution in [2.75, 3.05) is 6.61 Å². The normalized spacial score (nSPS) is 18.3. The molecule has 0 amide bonds. The molecule has 78 valence electrons. The molecule has 0 bridgehead atoms. The Morgan fingerprint density at radius 1 is 1.62 bits per heavy atom. The van der Waals surface area contributed by atoms with E-state index in [1.165, 1.54) is 19.3 Å². The Hall–Kier alpha value is -0.280. The maximum atomic E-state index is 11.1. The van der Waals surface area contributed by atoms with Crippen molar-refractivity contribution in [3.63, 3.8) is 0 Å². The first-order valence-corrected chi connectivity index (χ1v) is 4.66. The van der Waals surface area contributed by atoms with Gasteiger partial charge in [0.25, 0.3) is 0 Å². The van der Waals surface area contributed by atoms with Crippen molar-refractivity contribution in [1.82, 2.24) is 0 Å². The first kappa shape index (κ1) is 12.7. The molecule has 1 atom stereocenters. The second-order valence-corrected chi connectivity index (χ2v) is 3.39. The molecule has 1 aliphatic rings. The van der Waals surface area contributed by atoms with Crippen LogP contribution in [0.25, 0.3) is 0 Å². The van der Waals surface area contributed by atoms with E-state index in [-0.39, 0.29) is 18.4 Å². The number of rotatable bonds is 4. The zero-order valence-corrected chi connectivity index (χ0v) is 8.81. The van der Waals surface area contributed by atoms with Gasteiger partial charge in [0.05, 0.1) is 6.61 Å². The molecule has 0 saturated heterocycles. The van der Waals surface area contributed by atoms with E-state index in [9.17, 15) is 4.79 Å². The number of esters is 1. The largest absolute Gasteiger partial charge is 0.465 e. The summed E-state index contributed by atoms with van der Waals surface area (Å²) in [5.41, 5.74) is 5.64. The van der Waals surface area contributed by atoms with Crippen LogP contribution in [0.15, 0.2) is 0 Å². The van der Waals surface area contributed by atoms with E-state index in [0.29, 0.717) is 12.5 Å². The average molecular weight is 208 g/mol. The van der Waals surface area contributed by atoms with Crippen LogP contribution in [0.4, 0.5) is 0 Å². The molecular formula is C9H18ClNO2. The Morgan fingerprint density at radius 3 is 2.62 bits per heavy atom. The molecule has 0 radical (unpaired) electrons. The van der Waals surface area contributed by atoms with Gasteiger partial charge in [0.1, 0.15) is 6.04 Å². The van der Waals surface area contributed by atoms with Gasteiger partial charge < -0.3 is 10.5 Å². The number of ether oxygens (including phenoxy) is 1. The lowest BCUT2D eigenvalue weighted by Gasteiger charge is -2.27. The van der Waals surface area contributed by atoms with Crippen molar-refractivity contribution >= 4 is 18.4 Å². The third-order valence-corrected chi connectivity index (χ3v) is 2.40. The second kappa shape index (κ2) is 6.22. The minimum atomic E-state index is -0.393. The molecule has 13 heavy (non-hydrogen) atoms. The van der Waals surface area contributed by atoms with E-state index >= 15 is 0 Å². The van der Waals surface area contributed by atoms with Gasteiger partial charge in [-0.2, -0.15) is 0 Å². The molecule has 1 aliphatic carbocycles. The Morgan fingerprint density at radius 2 is 2.23 bits per heavy atom. The van der Waals surface area contributed by atoms with Gasteiger partial charge in [-0.15, -0.1) is 12.4 Å². The smallest absolute Gasteiger partial charge is 0.322 e. The number of hydrogen-bond acceptors (Lipinski definition) is 3. The quantitative estimate of drug-likeness (QED) is 0.711. The summed E-state index contributed by atoms with van der Waals surface area (Å²) in [5.74, 6) is 0.425. The highest BCUT2D eigenvalue weighted by Gasteiger charge is 2.24. The molecular weight excluding hydrogens is 190 g/mol. The summed E-state index contributed by atoms with van der Waals surface area (Å²) >= 11 is 0. The predicted molar refractivity (Wildman–Crippen MR) is 53.8 cm³/mol. The molecule has 4 heteroatoms. The topological polar surface area (TPSA) is 52.3 Å². The van der Waals surface area contributed by atoms with E-state index in [4.69, 9.17) is 10.5 Å². The van der Waals surface area contributed by atoms with Crippen LogP contribution in [0.2, 0.25) is 0 Å². The van der Waals surface area contributed by atoms with Gasteiger partial charge in [-0.25, -0.2) is 0 Å². The number of carbonyl (C=O) groups excluding carboxylic acids is 1. The van der Waals surface area contributed by atoms with Gasteiger partial charge >= 0.3 is 5.97 Å². The van der Waals surface area contributed by atoms with Crippen LogP contribution in [0, 0.1) is 5.92 Å². The van der Waals surface area contributed by atoms with Crippen LogP contribution in [-0.2, 0) is 9.53 Å². The van der Waals surface area contributed by atoms with Crippen LogP contribution in [0.3, 0.4) is 0 Å². The van der Waals surface area contributed by atoms with Gasteiger partial charge in [0, 0.05) is 0 Å². The second-order valence-electron chi connectivity index (χ2n) is 3.39. The maximum absolute atomic E-state index is 11.1. The summed E-state index contributed by atoms with van der Waals surface area (Å²) < 4.78 is 4.81. The van der Waals surface area contributed by atoms with Gasteiger partial charge in [0.2, 0.25) is 0 Å². The summed E-state index contributed by atoms with van der Waals surface area (Å²) in [7, 11) is 0. The van der Waals surface area contributed by atoms with Crippen molar-refractivity contribution in [1.29, 1.82) is 0 Å². The molecule has 0 aliphatic heterocycles. The van der Waals surface area contributed by atoms with Crippen molar-refractivity contribution in [2.45, 2.75) is 38.6 Å². The van der Waals surface area contributed by atoms with Crippen LogP contribution >= 0.6 is 12.4 Å². The highest BCUT2D eigenvalue weighted by atomic mass is 35.5. The molecule has 1 fully saturated rings. The summed E-state index contributed by atoms with van der Waals surface area (Å²) in [6.07, 6.45) is 4.55. The fraction of sp³-hybridized carbons (Fsp3) is 0.889. The summed E-state index contributed by atoms with van der Waals surface area (Å²) in [5, 5.41) is 0. The van der Waals surface area contributed by atoms with E-state index in [1.807, 2.05) is 0 Å². The monoisotopic (exact) mass is 207 g/mol. The molecule has 0 aromatic heterocycles. The zero-order chi connectivity index (χ0) is 8.97. The Balaban J connectivity index is 0.00000144. The molecule has 1 saturated carbocycles. The average Bonchev–Trinajstić information content (AvgIpc) is 1.97. The summed E-state index contributed by atoms with van der Waals surface area (Å²) in [4.78, 5) is 11.1. The fourth-order valence-electron chi connectivity index (χ4n) is 1.43. The third-order valence-electron chi connectivity index (χ3n) is 2.40. The van der Waals surface area contributed by atoms with Crippen molar-refractivity contribution in [3.8, 4) is 0 Å². The van der Waals surface area contributed by atoms with Gasteiger partial charge in [-0.3, -0.25) is 4.79 Å². The minimum Gasteiger partial charge on any atom is -0.465 e. The van der Waals surface area contributed by atoms with Crippen LogP contribution in [0.5, 0.6) is 0 Å². The number of halogens is 1. The van der Waals surface area contributed by atoms with Crippen LogP contribution < -0.4 is 5.73 Å². The van der Waals surface area contributed by atoms with Crippen molar-refractivity contribution < 1.29 is 9.53 Å². The highest BCUT2D eigenvalue weighted by Crippen LogP contribution is 2.30. The van der Waals surface area contributed by atoms with Crippen LogP contribution in [0.1, 0.15) is 32.6 Å². The Kier molecular flexibility index (Phi) is 6.08. The van der Waals surface area contributed by atoms with Crippen molar-refractivity contribution in [2.24, 2.45) is 11.7 Å². The molecule has 3 nitrogen and oxygen atoms in total. The molecule has 0 aromatic carbocycles. The standard InChI is InChI=1S/C9H17NO2.ClH/c1-2-12-9(11)8(10)6-7-4-3-5-7;/h7-8H,2-6,10H2,1H3;1H/t8-;/m0./s1. The van der Waals surface area contributed by atoms with Gasteiger partial charge in [-0.1, -0.05) is 19.3 Å². The molecule has 1 rings (SSSR count). The fourth-order valence-corrected chi connectivity index (χ4v) is 1.43. The molecule has 0 aromatic rings. The van der Waals surface area contributed by atoms with Gasteiger partial charge in [0.15, 0.2) is 0 Å². The number of hydrogen-bond donors (Lipinski definition) is 1. The lowest BCUT2D eigenvalue weighted by molar-refractivity contribution is -0.145. The lowest BCUT2D eigenvalue weighted by atomic mass is 9.81. The third kappa shape index (κ3) is 3.96. The first-order chi connectivity index (χ1) is 5.74. The van der Waals surface area contributed by atoms with E-state index < -0.39 is 6.04 Å². The summed E-state index contributed by atoms with van der Waals surface area (Å²) in [6, 6.07) is -0.393. The predicted octanol–water partition coefficient (Wildman–Crippen LogP) is 1.49.